The van der Waals surface area contributed by atoms with Crippen molar-refractivity contribution < 1.29 is 24.0 Å². The van der Waals surface area contributed by atoms with Gasteiger partial charge in [-0.1, -0.05) is 0 Å². The van der Waals surface area contributed by atoms with Gasteiger partial charge in [-0.15, -0.1) is 0 Å². The van der Waals surface area contributed by atoms with Crippen LogP contribution < -0.4 is 0 Å². The van der Waals surface area contributed by atoms with E-state index in [1.807, 2.05) is 20.8 Å². The Hall–Kier alpha value is -2.68. The van der Waals surface area contributed by atoms with Gasteiger partial charge in [0.15, 0.2) is 0 Å². The average Bonchev–Trinajstić information content (AvgIpc) is 3.01. The highest BCUT2D eigenvalue weighted by molar-refractivity contribution is 5.89. The van der Waals surface area contributed by atoms with E-state index in [0.29, 0.717) is 32.6 Å². The summed E-state index contributed by atoms with van der Waals surface area (Å²) in [5.41, 5.74) is -0.324. The van der Waals surface area contributed by atoms with Gasteiger partial charge < -0.3 is 14.4 Å². The molecule has 1 amide bonds. The molecule has 0 unspecified atom stereocenters. The first kappa shape index (κ1) is 20.1. The molecule has 2 atom stereocenters. The number of non-ortho nitro benzene ring substituents is 1. The molecular weight excluding hydrogens is 366 g/mol. The maximum atomic E-state index is 12.3. The van der Waals surface area contributed by atoms with Crippen molar-refractivity contribution >= 4 is 17.7 Å². The van der Waals surface area contributed by atoms with Crippen molar-refractivity contribution in [2.75, 3.05) is 26.2 Å². The Morgan fingerprint density at radius 1 is 1.14 bits per heavy atom. The zero-order valence-corrected chi connectivity index (χ0v) is 16.3. The van der Waals surface area contributed by atoms with E-state index < -0.39 is 16.5 Å². The summed E-state index contributed by atoms with van der Waals surface area (Å²) >= 11 is 0. The Morgan fingerprint density at radius 2 is 1.82 bits per heavy atom. The number of esters is 1. The Labute approximate surface area is 163 Å². The highest BCUT2D eigenvalue weighted by Gasteiger charge is 2.40. The summed E-state index contributed by atoms with van der Waals surface area (Å²) in [5.74, 6) is -0.497. The molecule has 1 aromatic rings. The van der Waals surface area contributed by atoms with Crippen LogP contribution in [0.15, 0.2) is 24.3 Å². The third-order valence-electron chi connectivity index (χ3n) is 4.82. The molecule has 152 valence electrons. The second kappa shape index (κ2) is 7.75. The van der Waals surface area contributed by atoms with Crippen LogP contribution in [0.4, 0.5) is 10.5 Å². The van der Waals surface area contributed by atoms with Crippen molar-refractivity contribution in [1.29, 1.82) is 0 Å². The summed E-state index contributed by atoms with van der Waals surface area (Å²) in [4.78, 5) is 38.7. The zero-order chi connectivity index (χ0) is 20.5. The molecule has 0 N–H and O–H groups in total. The molecule has 2 heterocycles. The van der Waals surface area contributed by atoms with Crippen LogP contribution in [-0.2, 0) is 9.47 Å². The number of amides is 1. The number of carbonyl (C=O) groups is 2. The second-order valence-electron chi connectivity index (χ2n) is 8.14. The molecular formula is C19H25N3O6. The third-order valence-corrected chi connectivity index (χ3v) is 4.82. The lowest BCUT2D eigenvalue weighted by Crippen LogP contribution is -2.53. The van der Waals surface area contributed by atoms with Crippen LogP contribution in [0, 0.1) is 10.1 Å². The standard InChI is InChI=1S/C19H25N3O6/c1-19(2,3)28-18(24)21-9-8-20-12-16(10-15(20)11-21)27-17(23)13-4-6-14(7-5-13)22(25)26/h4-7,15-16H,8-12H2,1-3H3/t15-,16-/m0/s1. The minimum absolute atomic E-state index is 0.0724. The fourth-order valence-electron chi connectivity index (χ4n) is 3.51. The van der Waals surface area contributed by atoms with Crippen LogP contribution in [0.3, 0.4) is 0 Å². The minimum Gasteiger partial charge on any atom is -0.457 e. The van der Waals surface area contributed by atoms with Gasteiger partial charge in [0.25, 0.3) is 5.69 Å². The third kappa shape index (κ3) is 4.78. The second-order valence-corrected chi connectivity index (χ2v) is 8.14. The summed E-state index contributed by atoms with van der Waals surface area (Å²) in [7, 11) is 0. The van der Waals surface area contributed by atoms with E-state index in [0.717, 1.165) is 0 Å². The molecule has 0 bridgehead atoms. The highest BCUT2D eigenvalue weighted by atomic mass is 16.6. The minimum atomic E-state index is -0.535. The number of hydrogen-bond acceptors (Lipinski definition) is 7. The lowest BCUT2D eigenvalue weighted by atomic mass is 10.1. The molecule has 0 radical (unpaired) electrons. The number of ether oxygens (including phenoxy) is 2. The van der Waals surface area contributed by atoms with E-state index in [1.54, 1.807) is 4.90 Å². The SMILES string of the molecule is CC(C)(C)OC(=O)N1CCN2C[C@@H](OC(=O)c3ccc([N+](=O)[O-])cc3)C[C@H]2C1. The molecule has 9 heteroatoms. The summed E-state index contributed by atoms with van der Waals surface area (Å²) in [6.45, 7) is 7.95. The van der Waals surface area contributed by atoms with Crippen LogP contribution in [0.25, 0.3) is 0 Å². The number of benzene rings is 1. The van der Waals surface area contributed by atoms with E-state index in [4.69, 9.17) is 9.47 Å². The Balaban J connectivity index is 1.54. The van der Waals surface area contributed by atoms with Gasteiger partial charge in [-0.2, -0.15) is 0 Å². The smallest absolute Gasteiger partial charge is 0.410 e. The summed E-state index contributed by atoms with van der Waals surface area (Å²) in [6.07, 6.45) is 0.0441. The molecule has 0 aromatic heterocycles. The molecule has 3 rings (SSSR count). The predicted octanol–water partition coefficient (Wildman–Crippen LogP) is 2.45. The number of rotatable bonds is 3. The number of fused-ring (bicyclic) bond motifs is 1. The van der Waals surface area contributed by atoms with Crippen LogP contribution in [0.1, 0.15) is 37.6 Å². The van der Waals surface area contributed by atoms with Crippen molar-refractivity contribution in [2.45, 2.75) is 44.9 Å². The number of carbonyl (C=O) groups excluding carboxylic acids is 2. The monoisotopic (exact) mass is 391 g/mol. The maximum absolute atomic E-state index is 12.3. The molecule has 1 aromatic carbocycles. The Kier molecular flexibility index (Phi) is 5.55. The number of piperazine rings is 1. The van der Waals surface area contributed by atoms with Crippen LogP contribution in [0.2, 0.25) is 0 Å². The fraction of sp³-hybridized carbons (Fsp3) is 0.579. The van der Waals surface area contributed by atoms with E-state index in [1.165, 1.54) is 24.3 Å². The van der Waals surface area contributed by atoms with Crippen LogP contribution >= 0.6 is 0 Å². The number of nitro benzene ring substituents is 1. The highest BCUT2D eigenvalue weighted by Crippen LogP contribution is 2.26. The number of hydrogen-bond donors (Lipinski definition) is 0. The van der Waals surface area contributed by atoms with Crippen molar-refractivity contribution in [3.63, 3.8) is 0 Å². The zero-order valence-electron chi connectivity index (χ0n) is 16.3. The molecule has 0 aliphatic carbocycles. The topological polar surface area (TPSA) is 102 Å². The largest absolute Gasteiger partial charge is 0.457 e. The average molecular weight is 391 g/mol. The van der Waals surface area contributed by atoms with Crippen molar-refractivity contribution in [1.82, 2.24) is 9.80 Å². The Bertz CT molecular complexity index is 758. The van der Waals surface area contributed by atoms with E-state index >= 15 is 0 Å². The van der Waals surface area contributed by atoms with E-state index in [-0.39, 0.29) is 29.5 Å². The maximum Gasteiger partial charge on any atom is 0.410 e. The van der Waals surface area contributed by atoms with Gasteiger partial charge in [0.05, 0.1) is 10.5 Å². The van der Waals surface area contributed by atoms with E-state index in [2.05, 4.69) is 4.90 Å². The van der Waals surface area contributed by atoms with Gasteiger partial charge in [0, 0.05) is 50.8 Å². The first-order valence-corrected chi connectivity index (χ1v) is 9.30. The summed E-state index contributed by atoms with van der Waals surface area (Å²) in [5, 5.41) is 10.7. The van der Waals surface area contributed by atoms with E-state index in [9.17, 15) is 19.7 Å². The van der Waals surface area contributed by atoms with Gasteiger partial charge in [-0.3, -0.25) is 15.0 Å². The lowest BCUT2D eigenvalue weighted by molar-refractivity contribution is -0.384. The molecule has 2 aliphatic rings. The molecule has 2 fully saturated rings. The van der Waals surface area contributed by atoms with Gasteiger partial charge in [-0.25, -0.2) is 9.59 Å². The van der Waals surface area contributed by atoms with Gasteiger partial charge in [0.2, 0.25) is 0 Å². The molecule has 2 aliphatic heterocycles. The first-order valence-electron chi connectivity index (χ1n) is 9.30. The van der Waals surface area contributed by atoms with Crippen molar-refractivity contribution in [3.8, 4) is 0 Å². The molecule has 9 nitrogen and oxygen atoms in total. The molecule has 0 spiro atoms. The first-order chi connectivity index (χ1) is 13.1. The van der Waals surface area contributed by atoms with Gasteiger partial charge in [0.1, 0.15) is 11.7 Å². The quantitative estimate of drug-likeness (QED) is 0.443. The summed E-state index contributed by atoms with van der Waals surface area (Å²) in [6, 6.07) is 5.48. The van der Waals surface area contributed by atoms with Crippen LogP contribution in [-0.4, -0.2) is 70.7 Å². The predicted molar refractivity (Wildman–Crippen MR) is 100 cm³/mol. The van der Waals surface area contributed by atoms with Crippen molar-refractivity contribution in [2.24, 2.45) is 0 Å². The summed E-state index contributed by atoms with van der Waals surface area (Å²) < 4.78 is 11.0. The lowest BCUT2D eigenvalue weighted by Gasteiger charge is -2.37. The fourth-order valence-corrected chi connectivity index (χ4v) is 3.51. The van der Waals surface area contributed by atoms with Gasteiger partial charge in [-0.05, 0) is 32.9 Å². The number of nitro groups is 1. The van der Waals surface area contributed by atoms with Crippen LogP contribution in [0.5, 0.6) is 0 Å². The molecule has 0 saturated carbocycles. The van der Waals surface area contributed by atoms with Gasteiger partial charge >= 0.3 is 12.1 Å². The normalized spacial score (nSPS) is 22.5. The Morgan fingerprint density at radius 3 is 2.43 bits per heavy atom. The number of nitrogens with zero attached hydrogens (tertiary/aromatic N) is 3. The molecule has 2 saturated heterocycles. The molecule has 28 heavy (non-hydrogen) atoms. The van der Waals surface area contributed by atoms with Crippen molar-refractivity contribution in [3.05, 3.63) is 39.9 Å².